The largest absolute Gasteiger partial charge is 0.381 e. The van der Waals surface area contributed by atoms with Gasteiger partial charge in [-0.05, 0) is 44.1 Å². The first-order valence-electron chi connectivity index (χ1n) is 6.94. The average molecular weight is 236 g/mol. The summed E-state index contributed by atoms with van der Waals surface area (Å²) in [6, 6.07) is 2.28. The van der Waals surface area contributed by atoms with Gasteiger partial charge in [0, 0.05) is 18.4 Å². The summed E-state index contributed by atoms with van der Waals surface area (Å²) >= 11 is 0. The molecule has 0 aliphatic heterocycles. The summed E-state index contributed by atoms with van der Waals surface area (Å²) in [7, 11) is 0. The van der Waals surface area contributed by atoms with E-state index in [1.807, 2.05) is 0 Å². The van der Waals surface area contributed by atoms with Crippen molar-refractivity contribution in [3.05, 3.63) is 0 Å². The van der Waals surface area contributed by atoms with Gasteiger partial charge in [-0.15, -0.1) is 0 Å². The molecule has 3 heteroatoms. The Morgan fingerprint density at radius 3 is 2.53 bits per heavy atom. The molecule has 2 saturated carbocycles. The van der Waals surface area contributed by atoms with E-state index in [4.69, 9.17) is 15.7 Å². The Morgan fingerprint density at radius 1 is 1.24 bits per heavy atom. The molecule has 2 rings (SSSR count). The molecule has 0 aromatic rings. The zero-order valence-electron chi connectivity index (χ0n) is 10.7. The van der Waals surface area contributed by atoms with E-state index < -0.39 is 0 Å². The van der Waals surface area contributed by atoms with Gasteiger partial charge in [0.1, 0.15) is 0 Å². The van der Waals surface area contributed by atoms with Gasteiger partial charge in [0.15, 0.2) is 0 Å². The van der Waals surface area contributed by atoms with Gasteiger partial charge >= 0.3 is 0 Å². The van der Waals surface area contributed by atoms with E-state index in [-0.39, 0.29) is 5.41 Å². The van der Waals surface area contributed by atoms with Crippen LogP contribution >= 0.6 is 0 Å². The Bertz CT molecular complexity index is 280. The normalized spacial score (nSPS) is 30.8. The standard InChI is InChI=1S/C14H24N2O/c15-8-7-14(5-6-14)11-17-10-13-4-2-1-3-12(13)9-16/h12-13H,1-7,9-11,16H2. The molecule has 0 aromatic heterocycles. The summed E-state index contributed by atoms with van der Waals surface area (Å²) in [5.41, 5.74) is 6.04. The third-order valence-electron chi connectivity index (χ3n) is 4.52. The molecule has 96 valence electrons. The summed E-state index contributed by atoms with van der Waals surface area (Å²) in [4.78, 5) is 0. The van der Waals surface area contributed by atoms with Crippen LogP contribution in [0, 0.1) is 28.6 Å². The molecule has 0 spiro atoms. The van der Waals surface area contributed by atoms with Gasteiger partial charge in [-0.2, -0.15) is 5.26 Å². The molecular weight excluding hydrogens is 212 g/mol. The number of ether oxygens (including phenoxy) is 1. The van der Waals surface area contributed by atoms with Crippen LogP contribution in [0.1, 0.15) is 44.9 Å². The Labute approximate surface area is 104 Å². The van der Waals surface area contributed by atoms with Crippen molar-refractivity contribution in [3.63, 3.8) is 0 Å². The van der Waals surface area contributed by atoms with E-state index in [2.05, 4.69) is 6.07 Å². The minimum Gasteiger partial charge on any atom is -0.381 e. The van der Waals surface area contributed by atoms with Crippen LogP contribution in [0.5, 0.6) is 0 Å². The molecule has 2 N–H and O–H groups in total. The fourth-order valence-corrected chi connectivity index (χ4v) is 2.96. The molecule has 0 heterocycles. The summed E-state index contributed by atoms with van der Waals surface area (Å²) in [5.74, 6) is 1.32. The Kier molecular flexibility index (Phi) is 4.42. The summed E-state index contributed by atoms with van der Waals surface area (Å²) in [6.45, 7) is 2.45. The van der Waals surface area contributed by atoms with Crippen LogP contribution in [0.25, 0.3) is 0 Å². The third kappa shape index (κ3) is 3.43. The third-order valence-corrected chi connectivity index (χ3v) is 4.52. The summed E-state index contributed by atoms with van der Waals surface area (Å²) in [5, 5.41) is 8.75. The molecule has 2 aliphatic carbocycles. The number of hydrogen-bond donors (Lipinski definition) is 1. The first-order chi connectivity index (χ1) is 8.29. The second-order valence-corrected chi connectivity index (χ2v) is 5.89. The number of nitrogens with two attached hydrogens (primary N) is 1. The highest BCUT2D eigenvalue weighted by Gasteiger charge is 2.42. The van der Waals surface area contributed by atoms with Gasteiger partial charge in [-0.25, -0.2) is 0 Å². The maximum absolute atomic E-state index is 8.75. The summed E-state index contributed by atoms with van der Waals surface area (Å²) in [6.07, 6.45) is 8.21. The molecule has 0 amide bonds. The average Bonchev–Trinajstić information content (AvgIpc) is 3.10. The van der Waals surface area contributed by atoms with Gasteiger partial charge in [0.2, 0.25) is 0 Å². The van der Waals surface area contributed by atoms with Gasteiger partial charge < -0.3 is 10.5 Å². The molecule has 2 aliphatic rings. The molecule has 0 radical (unpaired) electrons. The lowest BCUT2D eigenvalue weighted by Crippen LogP contribution is -2.30. The van der Waals surface area contributed by atoms with Crippen LogP contribution in [0.15, 0.2) is 0 Å². The van der Waals surface area contributed by atoms with Crippen molar-refractivity contribution in [2.75, 3.05) is 19.8 Å². The molecule has 2 fully saturated rings. The van der Waals surface area contributed by atoms with Crippen molar-refractivity contribution in [2.24, 2.45) is 23.0 Å². The SMILES string of the molecule is N#CCC1(COCC2CCCCC2CN)CC1. The van der Waals surface area contributed by atoms with Crippen molar-refractivity contribution >= 4 is 0 Å². The number of rotatable bonds is 6. The Morgan fingerprint density at radius 2 is 1.94 bits per heavy atom. The molecule has 0 saturated heterocycles. The fourth-order valence-electron chi connectivity index (χ4n) is 2.96. The van der Waals surface area contributed by atoms with Crippen LogP contribution in [0.2, 0.25) is 0 Å². The highest BCUT2D eigenvalue weighted by atomic mass is 16.5. The highest BCUT2D eigenvalue weighted by Crippen LogP contribution is 2.48. The van der Waals surface area contributed by atoms with Gasteiger partial charge in [0.05, 0.1) is 12.7 Å². The topological polar surface area (TPSA) is 59.0 Å². The predicted molar refractivity (Wildman–Crippen MR) is 67.2 cm³/mol. The smallest absolute Gasteiger partial charge is 0.0628 e. The molecule has 3 nitrogen and oxygen atoms in total. The van der Waals surface area contributed by atoms with E-state index >= 15 is 0 Å². The van der Waals surface area contributed by atoms with Gasteiger partial charge in [-0.3, -0.25) is 0 Å². The zero-order chi connectivity index (χ0) is 12.1. The van der Waals surface area contributed by atoms with Crippen molar-refractivity contribution in [3.8, 4) is 6.07 Å². The van der Waals surface area contributed by atoms with Gasteiger partial charge in [0.25, 0.3) is 0 Å². The van der Waals surface area contributed by atoms with Crippen LogP contribution < -0.4 is 5.73 Å². The quantitative estimate of drug-likeness (QED) is 0.770. The highest BCUT2D eigenvalue weighted by molar-refractivity contribution is 4.99. The predicted octanol–water partition coefficient (Wildman–Crippen LogP) is 2.46. The van der Waals surface area contributed by atoms with Crippen molar-refractivity contribution in [2.45, 2.75) is 44.9 Å². The monoisotopic (exact) mass is 236 g/mol. The maximum atomic E-state index is 8.75. The first kappa shape index (κ1) is 12.9. The molecule has 17 heavy (non-hydrogen) atoms. The Balaban J connectivity index is 1.69. The van der Waals surface area contributed by atoms with Crippen molar-refractivity contribution < 1.29 is 4.74 Å². The maximum Gasteiger partial charge on any atom is 0.0628 e. The Hall–Kier alpha value is -0.590. The van der Waals surface area contributed by atoms with E-state index in [9.17, 15) is 0 Å². The molecule has 2 atom stereocenters. The lowest BCUT2D eigenvalue weighted by atomic mass is 9.80. The molecule has 0 aromatic carbocycles. The van der Waals surface area contributed by atoms with E-state index in [1.54, 1.807) is 0 Å². The van der Waals surface area contributed by atoms with E-state index in [0.29, 0.717) is 18.3 Å². The second kappa shape index (κ2) is 5.84. The summed E-state index contributed by atoms with van der Waals surface area (Å²) < 4.78 is 5.88. The number of nitrogens with zero attached hydrogens (tertiary/aromatic N) is 1. The minimum absolute atomic E-state index is 0.224. The van der Waals surface area contributed by atoms with Gasteiger partial charge in [-0.1, -0.05) is 12.8 Å². The lowest BCUT2D eigenvalue weighted by molar-refractivity contribution is 0.0360. The molecular formula is C14H24N2O. The fraction of sp³-hybridized carbons (Fsp3) is 0.929. The number of hydrogen-bond acceptors (Lipinski definition) is 3. The van der Waals surface area contributed by atoms with Crippen LogP contribution in [-0.4, -0.2) is 19.8 Å². The van der Waals surface area contributed by atoms with E-state index in [0.717, 1.165) is 19.8 Å². The molecule has 2 unspecified atom stereocenters. The van der Waals surface area contributed by atoms with Crippen LogP contribution in [0.3, 0.4) is 0 Å². The lowest BCUT2D eigenvalue weighted by Gasteiger charge is -2.30. The second-order valence-electron chi connectivity index (χ2n) is 5.89. The zero-order valence-corrected chi connectivity index (χ0v) is 10.7. The van der Waals surface area contributed by atoms with Crippen molar-refractivity contribution in [1.29, 1.82) is 5.26 Å². The van der Waals surface area contributed by atoms with E-state index in [1.165, 1.54) is 38.5 Å². The van der Waals surface area contributed by atoms with Crippen LogP contribution in [-0.2, 0) is 4.74 Å². The number of nitriles is 1. The minimum atomic E-state index is 0.224. The first-order valence-corrected chi connectivity index (χ1v) is 6.94. The van der Waals surface area contributed by atoms with Crippen LogP contribution in [0.4, 0.5) is 0 Å². The van der Waals surface area contributed by atoms with Crippen molar-refractivity contribution in [1.82, 2.24) is 0 Å². The molecule has 0 bridgehead atoms.